The van der Waals surface area contributed by atoms with Gasteiger partial charge in [-0.3, -0.25) is 4.98 Å². The largest absolute Gasteiger partial charge is 0.256 e. The van der Waals surface area contributed by atoms with Crippen molar-refractivity contribution in [3.05, 3.63) is 106 Å². The molecule has 2 heteroatoms. The lowest BCUT2D eigenvalue weighted by Crippen LogP contribution is -2.14. The van der Waals surface area contributed by atoms with Gasteiger partial charge in [0.1, 0.15) is 0 Å². The maximum atomic E-state index is 7.65. The molecule has 0 aliphatic heterocycles. The minimum atomic E-state index is 0.750. The van der Waals surface area contributed by atoms with E-state index in [4.69, 9.17) is 11.6 Å². The van der Waals surface area contributed by atoms with Gasteiger partial charge >= 0.3 is 0 Å². The molecule has 2 aliphatic rings. The Bertz CT molecular complexity index is 1640. The average molecular weight is 423 g/mol. The summed E-state index contributed by atoms with van der Waals surface area (Å²) < 4.78 is 0. The molecule has 1 aromatic heterocycles. The zero-order valence-electron chi connectivity index (χ0n) is 18.6. The summed E-state index contributed by atoms with van der Waals surface area (Å²) in [6, 6.07) is 22.2. The first-order chi connectivity index (χ1) is 16.2. The highest BCUT2D eigenvalue weighted by molar-refractivity contribution is 6.14. The first kappa shape index (κ1) is 18.6. The third-order valence-corrected chi connectivity index (χ3v) is 7.62. The van der Waals surface area contributed by atoms with Crippen molar-refractivity contribution in [1.29, 1.82) is 0 Å². The van der Waals surface area contributed by atoms with Gasteiger partial charge in [-0.15, -0.1) is 0 Å². The van der Waals surface area contributed by atoms with E-state index >= 15 is 0 Å². The minimum absolute atomic E-state index is 0.750. The second-order valence-corrected chi connectivity index (χ2v) is 9.38. The normalized spacial score (nSPS) is 13.7. The highest BCUT2D eigenvalue weighted by atomic mass is 14.7. The Morgan fingerprint density at radius 2 is 1.30 bits per heavy atom. The van der Waals surface area contributed by atoms with Crippen LogP contribution in [0, 0.1) is 13.5 Å². The number of fused-ring (bicyclic) bond motifs is 3. The summed E-state index contributed by atoms with van der Waals surface area (Å²) in [6.45, 7) is 9.67. The molecule has 156 valence electrons. The third-order valence-electron chi connectivity index (χ3n) is 7.62. The van der Waals surface area contributed by atoms with Crippen LogP contribution in [-0.2, 0) is 25.7 Å². The van der Waals surface area contributed by atoms with E-state index in [0.29, 0.717) is 0 Å². The first-order valence-electron chi connectivity index (χ1n) is 11.7. The maximum absolute atomic E-state index is 7.65. The summed E-state index contributed by atoms with van der Waals surface area (Å²) in [6.07, 6.45) is 6.34. The van der Waals surface area contributed by atoms with Crippen molar-refractivity contribution < 1.29 is 0 Å². The minimum Gasteiger partial charge on any atom is -0.256 e. The van der Waals surface area contributed by atoms with E-state index in [1.54, 1.807) is 0 Å². The predicted octanol–water partition coefficient (Wildman–Crippen LogP) is 7.78. The van der Waals surface area contributed by atoms with E-state index in [-0.39, 0.29) is 0 Å². The predicted molar refractivity (Wildman–Crippen MR) is 136 cm³/mol. The van der Waals surface area contributed by atoms with Crippen molar-refractivity contribution in [3.63, 3.8) is 0 Å². The number of hydrogen-bond donors (Lipinski definition) is 0. The van der Waals surface area contributed by atoms with Crippen LogP contribution in [0.2, 0.25) is 0 Å². The van der Waals surface area contributed by atoms with Crippen LogP contribution in [0.4, 0.5) is 5.69 Å². The van der Waals surface area contributed by atoms with Gasteiger partial charge in [0, 0.05) is 17.1 Å². The van der Waals surface area contributed by atoms with E-state index in [1.807, 2.05) is 13.1 Å². The molecule has 33 heavy (non-hydrogen) atoms. The van der Waals surface area contributed by atoms with Crippen LogP contribution in [0.1, 0.15) is 27.8 Å². The van der Waals surface area contributed by atoms with Gasteiger partial charge in [-0.1, -0.05) is 42.5 Å². The van der Waals surface area contributed by atoms with Crippen LogP contribution in [-0.4, -0.2) is 4.98 Å². The number of nitrogens with zero attached hydrogens (tertiary/aromatic N) is 2. The van der Waals surface area contributed by atoms with Gasteiger partial charge in [-0.25, -0.2) is 4.85 Å². The Kier molecular flexibility index (Phi) is 3.81. The molecule has 0 saturated heterocycles. The van der Waals surface area contributed by atoms with Crippen LogP contribution >= 0.6 is 0 Å². The van der Waals surface area contributed by atoms with Crippen molar-refractivity contribution in [2.45, 2.75) is 32.6 Å². The van der Waals surface area contributed by atoms with E-state index in [2.05, 4.69) is 65.5 Å². The number of aromatic nitrogens is 1. The summed E-state index contributed by atoms with van der Waals surface area (Å²) in [5.74, 6) is 0. The fourth-order valence-electron chi connectivity index (χ4n) is 6.09. The van der Waals surface area contributed by atoms with Gasteiger partial charge in [0.15, 0.2) is 5.69 Å². The second-order valence-electron chi connectivity index (χ2n) is 9.38. The van der Waals surface area contributed by atoms with Crippen molar-refractivity contribution >= 4 is 27.2 Å². The molecule has 0 atom stereocenters. The zero-order chi connectivity index (χ0) is 22.1. The molecule has 0 amide bonds. The molecule has 0 unspecified atom stereocenters. The molecule has 0 spiro atoms. The van der Waals surface area contributed by atoms with Crippen LogP contribution in [0.15, 0.2) is 66.9 Å². The molecular formula is C31H22N2. The summed E-state index contributed by atoms with van der Waals surface area (Å²) in [5.41, 5.74) is 13.0. The van der Waals surface area contributed by atoms with Crippen molar-refractivity contribution in [1.82, 2.24) is 4.98 Å². The Morgan fingerprint density at radius 1 is 0.697 bits per heavy atom. The number of benzene rings is 4. The van der Waals surface area contributed by atoms with Crippen LogP contribution in [0.3, 0.4) is 0 Å². The monoisotopic (exact) mass is 422 g/mol. The van der Waals surface area contributed by atoms with E-state index < -0.39 is 0 Å². The molecule has 2 nitrogen and oxygen atoms in total. The summed E-state index contributed by atoms with van der Waals surface area (Å²) in [7, 11) is 0. The van der Waals surface area contributed by atoms with Crippen LogP contribution in [0.25, 0.3) is 48.8 Å². The Labute approximate surface area is 193 Å². The first-order valence-corrected chi connectivity index (χ1v) is 11.7. The maximum Gasteiger partial charge on any atom is 0.197 e. The third kappa shape index (κ3) is 2.57. The molecule has 0 radical (unpaired) electrons. The lowest BCUT2D eigenvalue weighted by molar-refractivity contribution is 0.877. The van der Waals surface area contributed by atoms with E-state index in [0.717, 1.165) is 58.8 Å². The molecule has 2 aliphatic carbocycles. The summed E-state index contributed by atoms with van der Waals surface area (Å²) >= 11 is 0. The van der Waals surface area contributed by atoms with Crippen LogP contribution < -0.4 is 0 Å². The molecule has 0 bridgehead atoms. The second kappa shape index (κ2) is 6.77. The smallest absolute Gasteiger partial charge is 0.197 e. The molecule has 1 heterocycles. The van der Waals surface area contributed by atoms with E-state index in [9.17, 15) is 0 Å². The molecule has 4 aromatic carbocycles. The quantitative estimate of drug-likeness (QED) is 0.199. The van der Waals surface area contributed by atoms with Gasteiger partial charge in [0.05, 0.1) is 12.3 Å². The number of pyridine rings is 1. The fraction of sp³-hybridized carbons (Fsp3) is 0.161. The SMILES string of the molecule is [C-]#[N+]c1c(C)ccc2c1ccc1c(-c3cc4c5c(c3)CCc3cccc(c3-5)CC4)nccc12. The van der Waals surface area contributed by atoms with Crippen LogP contribution in [0.5, 0.6) is 0 Å². The lowest BCUT2D eigenvalue weighted by Gasteiger charge is -2.30. The lowest BCUT2D eigenvalue weighted by atomic mass is 9.74. The number of aryl methyl sites for hydroxylation is 5. The Hall–Kier alpha value is -3.96. The van der Waals surface area contributed by atoms with Crippen molar-refractivity contribution in [3.8, 4) is 22.4 Å². The van der Waals surface area contributed by atoms with Gasteiger partial charge in [0.2, 0.25) is 0 Å². The highest BCUT2D eigenvalue weighted by Crippen LogP contribution is 2.45. The fourth-order valence-corrected chi connectivity index (χ4v) is 6.09. The van der Waals surface area contributed by atoms with Gasteiger partial charge in [-0.05, 0) is 106 Å². The average Bonchev–Trinajstić information content (AvgIpc) is 2.86. The molecule has 0 fully saturated rings. The molecule has 0 saturated carbocycles. The van der Waals surface area contributed by atoms with Gasteiger partial charge < -0.3 is 0 Å². The summed E-state index contributed by atoms with van der Waals surface area (Å²) in [5, 5.41) is 4.48. The Balaban J connectivity index is 1.48. The van der Waals surface area contributed by atoms with Gasteiger partial charge in [0.25, 0.3) is 0 Å². The van der Waals surface area contributed by atoms with E-state index in [1.165, 1.54) is 44.3 Å². The Morgan fingerprint density at radius 3 is 2.03 bits per heavy atom. The standard InChI is InChI=1S/C31H22N2/c1-18-6-11-24-25-14-15-33-31(27(25)13-12-26(24)30(18)32-2)23-16-21-9-7-19-4-3-5-20-8-10-22(17-23)29(21)28(19)20/h3-6,11-17H,7-10H2,1H3. The molecule has 5 aromatic rings. The molecule has 0 N–H and O–H groups in total. The van der Waals surface area contributed by atoms with Crippen molar-refractivity contribution in [2.24, 2.45) is 0 Å². The number of hydrogen-bond acceptors (Lipinski definition) is 1. The zero-order valence-corrected chi connectivity index (χ0v) is 18.6. The topological polar surface area (TPSA) is 17.2 Å². The molecule has 7 rings (SSSR count). The van der Waals surface area contributed by atoms with Gasteiger partial charge in [-0.2, -0.15) is 0 Å². The molecular weight excluding hydrogens is 400 g/mol. The summed E-state index contributed by atoms with van der Waals surface area (Å²) in [4.78, 5) is 8.68. The van der Waals surface area contributed by atoms with Crippen molar-refractivity contribution in [2.75, 3.05) is 0 Å². The number of rotatable bonds is 1. The highest BCUT2D eigenvalue weighted by Gasteiger charge is 2.26.